The zero-order chi connectivity index (χ0) is 11.8. The average Bonchev–Trinajstić information content (AvgIpc) is 2.65. The number of rotatable bonds is 2. The lowest BCUT2D eigenvalue weighted by Gasteiger charge is -2.21. The van der Waals surface area contributed by atoms with E-state index in [0.717, 1.165) is 24.2 Å². The van der Waals surface area contributed by atoms with Crippen molar-refractivity contribution < 1.29 is 8.42 Å². The molecule has 1 atom stereocenters. The highest BCUT2D eigenvalue weighted by Crippen LogP contribution is 2.32. The van der Waals surface area contributed by atoms with E-state index in [1.54, 1.807) is 12.4 Å². The minimum absolute atomic E-state index is 0.137. The molecule has 16 heavy (non-hydrogen) atoms. The van der Waals surface area contributed by atoms with Crippen LogP contribution in [0.15, 0.2) is 12.4 Å². The number of aryl methyl sites for hydroxylation is 1. The van der Waals surface area contributed by atoms with Gasteiger partial charge in [-0.1, -0.05) is 0 Å². The molecule has 0 spiro atoms. The summed E-state index contributed by atoms with van der Waals surface area (Å²) in [6.07, 6.45) is 6.28. The van der Waals surface area contributed by atoms with E-state index in [0.29, 0.717) is 6.54 Å². The molecule has 88 valence electrons. The summed E-state index contributed by atoms with van der Waals surface area (Å²) in [7, 11) is -3.15. The van der Waals surface area contributed by atoms with E-state index in [-0.39, 0.29) is 6.04 Å². The summed E-state index contributed by atoms with van der Waals surface area (Å²) in [4.78, 5) is 8.41. The van der Waals surface area contributed by atoms with Crippen molar-refractivity contribution in [2.24, 2.45) is 0 Å². The third-order valence-corrected chi connectivity index (χ3v) is 4.03. The SMILES string of the molecule is Cc1cncc([C@H]2CCCN2S(C)(=O)=O)n1. The Balaban J connectivity index is 2.34. The van der Waals surface area contributed by atoms with E-state index >= 15 is 0 Å². The standard InChI is InChI=1S/C10H15N3O2S/c1-8-6-11-7-9(12-8)10-4-3-5-13(10)16(2,14)15/h6-7,10H,3-5H2,1-2H3/t10-/m1/s1. The minimum Gasteiger partial charge on any atom is -0.261 e. The number of hydrogen-bond donors (Lipinski definition) is 0. The summed E-state index contributed by atoms with van der Waals surface area (Å²) in [5.41, 5.74) is 1.57. The van der Waals surface area contributed by atoms with Crippen LogP contribution in [0.25, 0.3) is 0 Å². The Morgan fingerprint density at radius 2 is 2.19 bits per heavy atom. The van der Waals surface area contributed by atoms with Gasteiger partial charge in [0.1, 0.15) is 0 Å². The summed E-state index contributed by atoms with van der Waals surface area (Å²) < 4.78 is 24.7. The molecule has 1 fully saturated rings. The zero-order valence-electron chi connectivity index (χ0n) is 9.42. The quantitative estimate of drug-likeness (QED) is 0.771. The molecule has 0 radical (unpaired) electrons. The van der Waals surface area contributed by atoms with E-state index in [1.165, 1.54) is 10.6 Å². The molecule has 0 amide bonds. The van der Waals surface area contributed by atoms with Crippen LogP contribution >= 0.6 is 0 Å². The second-order valence-electron chi connectivity index (χ2n) is 4.12. The molecule has 6 heteroatoms. The molecule has 1 aromatic heterocycles. The molecule has 2 rings (SSSR count). The third kappa shape index (κ3) is 2.22. The first-order chi connectivity index (χ1) is 7.48. The Morgan fingerprint density at radius 3 is 2.81 bits per heavy atom. The molecule has 0 bridgehead atoms. The maximum atomic E-state index is 11.6. The van der Waals surface area contributed by atoms with Gasteiger partial charge in [-0.05, 0) is 19.8 Å². The lowest BCUT2D eigenvalue weighted by molar-refractivity contribution is 0.393. The van der Waals surface area contributed by atoms with Crippen molar-refractivity contribution in [3.8, 4) is 0 Å². The Bertz CT molecular complexity index is 487. The fraction of sp³-hybridized carbons (Fsp3) is 0.600. The van der Waals surface area contributed by atoms with Crippen LogP contribution in [0.5, 0.6) is 0 Å². The van der Waals surface area contributed by atoms with Crippen molar-refractivity contribution in [1.82, 2.24) is 14.3 Å². The van der Waals surface area contributed by atoms with Gasteiger partial charge in [-0.15, -0.1) is 0 Å². The van der Waals surface area contributed by atoms with Gasteiger partial charge in [-0.3, -0.25) is 9.97 Å². The molecule has 0 N–H and O–H groups in total. The highest BCUT2D eigenvalue weighted by molar-refractivity contribution is 7.88. The Hall–Kier alpha value is -1.01. The van der Waals surface area contributed by atoms with Gasteiger partial charge < -0.3 is 0 Å². The van der Waals surface area contributed by atoms with Crippen molar-refractivity contribution in [1.29, 1.82) is 0 Å². The Labute approximate surface area is 95.6 Å². The van der Waals surface area contributed by atoms with Gasteiger partial charge in [0.2, 0.25) is 10.0 Å². The van der Waals surface area contributed by atoms with Crippen molar-refractivity contribution in [2.75, 3.05) is 12.8 Å². The molecule has 2 heterocycles. The number of sulfonamides is 1. The fourth-order valence-electron chi connectivity index (χ4n) is 2.08. The van der Waals surface area contributed by atoms with E-state index in [2.05, 4.69) is 9.97 Å². The van der Waals surface area contributed by atoms with Gasteiger partial charge in [-0.2, -0.15) is 4.31 Å². The van der Waals surface area contributed by atoms with Crippen LogP contribution in [0, 0.1) is 6.92 Å². The summed E-state index contributed by atoms with van der Waals surface area (Å²) in [6.45, 7) is 2.44. The highest BCUT2D eigenvalue weighted by Gasteiger charge is 2.33. The van der Waals surface area contributed by atoms with Gasteiger partial charge >= 0.3 is 0 Å². The summed E-state index contributed by atoms with van der Waals surface area (Å²) in [5, 5.41) is 0. The molecule has 1 aromatic rings. The second kappa shape index (κ2) is 4.10. The molecule has 1 saturated heterocycles. The van der Waals surface area contributed by atoms with E-state index in [9.17, 15) is 8.42 Å². The first-order valence-electron chi connectivity index (χ1n) is 5.24. The summed E-state index contributed by atoms with van der Waals surface area (Å²) in [5.74, 6) is 0. The lowest BCUT2D eigenvalue weighted by atomic mass is 10.2. The van der Waals surface area contributed by atoms with Crippen LogP contribution in [0.4, 0.5) is 0 Å². The van der Waals surface area contributed by atoms with Gasteiger partial charge in [0.25, 0.3) is 0 Å². The Kier molecular flexibility index (Phi) is 2.94. The maximum Gasteiger partial charge on any atom is 0.211 e. The normalized spacial score (nSPS) is 22.5. The molecule has 1 aliphatic heterocycles. The van der Waals surface area contributed by atoms with Crippen LogP contribution in [-0.4, -0.2) is 35.5 Å². The maximum absolute atomic E-state index is 11.6. The first-order valence-corrected chi connectivity index (χ1v) is 7.08. The zero-order valence-corrected chi connectivity index (χ0v) is 10.2. The molecular weight excluding hydrogens is 226 g/mol. The molecule has 0 saturated carbocycles. The van der Waals surface area contributed by atoms with Crippen LogP contribution < -0.4 is 0 Å². The van der Waals surface area contributed by atoms with Crippen LogP contribution in [0.2, 0.25) is 0 Å². The predicted octanol–water partition coefficient (Wildman–Crippen LogP) is 0.882. The van der Waals surface area contributed by atoms with Crippen molar-refractivity contribution >= 4 is 10.0 Å². The fourth-order valence-corrected chi connectivity index (χ4v) is 3.21. The molecular formula is C10H15N3O2S. The van der Waals surface area contributed by atoms with Crippen LogP contribution in [0.3, 0.4) is 0 Å². The minimum atomic E-state index is -3.15. The molecule has 0 unspecified atom stereocenters. The molecule has 5 nitrogen and oxygen atoms in total. The van der Waals surface area contributed by atoms with Gasteiger partial charge in [0.15, 0.2) is 0 Å². The van der Waals surface area contributed by atoms with Gasteiger partial charge in [0.05, 0.1) is 29.9 Å². The smallest absolute Gasteiger partial charge is 0.211 e. The molecule has 0 aliphatic carbocycles. The van der Waals surface area contributed by atoms with Crippen molar-refractivity contribution in [2.45, 2.75) is 25.8 Å². The second-order valence-corrected chi connectivity index (χ2v) is 6.05. The van der Waals surface area contributed by atoms with E-state index in [1.807, 2.05) is 6.92 Å². The number of nitrogens with zero attached hydrogens (tertiary/aromatic N) is 3. The predicted molar refractivity (Wildman–Crippen MR) is 60.3 cm³/mol. The lowest BCUT2D eigenvalue weighted by Crippen LogP contribution is -2.30. The molecule has 1 aliphatic rings. The molecule has 0 aromatic carbocycles. The monoisotopic (exact) mass is 241 g/mol. The van der Waals surface area contributed by atoms with Crippen molar-refractivity contribution in [3.63, 3.8) is 0 Å². The van der Waals surface area contributed by atoms with Gasteiger partial charge in [-0.25, -0.2) is 8.42 Å². The largest absolute Gasteiger partial charge is 0.261 e. The first kappa shape index (κ1) is 11.5. The highest BCUT2D eigenvalue weighted by atomic mass is 32.2. The van der Waals surface area contributed by atoms with Crippen LogP contribution in [-0.2, 0) is 10.0 Å². The van der Waals surface area contributed by atoms with E-state index in [4.69, 9.17) is 0 Å². The number of aromatic nitrogens is 2. The van der Waals surface area contributed by atoms with Gasteiger partial charge in [0, 0.05) is 12.7 Å². The Morgan fingerprint density at radius 1 is 1.44 bits per heavy atom. The third-order valence-electron chi connectivity index (χ3n) is 2.74. The van der Waals surface area contributed by atoms with Crippen LogP contribution in [0.1, 0.15) is 30.3 Å². The van der Waals surface area contributed by atoms with E-state index < -0.39 is 10.0 Å². The average molecular weight is 241 g/mol. The topological polar surface area (TPSA) is 63.2 Å². The van der Waals surface area contributed by atoms with Crippen molar-refractivity contribution in [3.05, 3.63) is 23.8 Å². The summed E-state index contributed by atoms with van der Waals surface area (Å²) >= 11 is 0. The number of hydrogen-bond acceptors (Lipinski definition) is 4. The summed E-state index contributed by atoms with van der Waals surface area (Å²) in [6, 6.07) is -0.137.